The Bertz CT molecular complexity index is 465. The Hall–Kier alpha value is -2.03. The van der Waals surface area contributed by atoms with E-state index in [1.54, 1.807) is 0 Å². The van der Waals surface area contributed by atoms with Gasteiger partial charge in [0.15, 0.2) is 0 Å². The highest BCUT2D eigenvalue weighted by atomic mass is 19.4. The normalized spacial score (nSPS) is 11.2. The smallest absolute Gasteiger partial charge is 0.396 e. The van der Waals surface area contributed by atoms with Crippen molar-refractivity contribution in [2.75, 3.05) is 37.9 Å². The average Bonchev–Trinajstić information content (AvgIpc) is 2.36. The van der Waals surface area contributed by atoms with E-state index in [1.807, 2.05) is 0 Å². The van der Waals surface area contributed by atoms with Crippen LogP contribution in [0.2, 0.25) is 0 Å². The molecule has 6 nitrogen and oxygen atoms in total. The second kappa shape index (κ2) is 6.94. The maximum absolute atomic E-state index is 12.5. The number of carbonyl (C=O) groups excluding carboxylic acids is 1. The van der Waals surface area contributed by atoms with Gasteiger partial charge in [-0.2, -0.15) is 13.2 Å². The molecule has 4 N–H and O–H groups in total. The molecule has 1 amide bonds. The number of alkyl halides is 3. The third-order valence-electron chi connectivity index (χ3n) is 2.29. The van der Waals surface area contributed by atoms with Gasteiger partial charge in [-0.1, -0.05) is 0 Å². The molecule has 0 saturated carbocycles. The monoisotopic (exact) mass is 292 g/mol. The van der Waals surface area contributed by atoms with Crippen LogP contribution < -0.4 is 16.4 Å². The lowest BCUT2D eigenvalue weighted by molar-refractivity contribution is -0.141. The molecule has 20 heavy (non-hydrogen) atoms. The largest absolute Gasteiger partial charge is 0.433 e. The van der Waals surface area contributed by atoms with Crippen LogP contribution in [0, 0.1) is 0 Å². The maximum atomic E-state index is 12.5. The average molecular weight is 292 g/mol. The fourth-order valence-electron chi connectivity index (χ4n) is 1.30. The molecule has 0 aromatic carbocycles. The number of amides is 1. The highest BCUT2D eigenvalue weighted by Gasteiger charge is 2.32. The molecule has 1 aromatic heterocycles. The summed E-state index contributed by atoms with van der Waals surface area (Å²) in [5.41, 5.74) is 4.46. The first-order chi connectivity index (χ1) is 9.34. The van der Waals surface area contributed by atoms with Gasteiger partial charge in [0.25, 0.3) is 0 Å². The minimum Gasteiger partial charge on any atom is -0.396 e. The Labute approximate surface area is 113 Å². The van der Waals surface area contributed by atoms with E-state index in [1.165, 1.54) is 7.11 Å². The molecule has 1 rings (SSSR count). The molecule has 0 fully saturated rings. The first kappa shape index (κ1) is 16.0. The molecule has 0 aliphatic heterocycles. The van der Waals surface area contributed by atoms with Crippen molar-refractivity contribution < 1.29 is 22.7 Å². The van der Waals surface area contributed by atoms with Gasteiger partial charge in [-0.25, -0.2) is 4.98 Å². The second-order valence-corrected chi connectivity index (χ2v) is 3.85. The number of hydrogen-bond acceptors (Lipinski definition) is 5. The van der Waals surface area contributed by atoms with E-state index in [2.05, 4.69) is 15.6 Å². The number of carbonyl (C=O) groups is 1. The van der Waals surface area contributed by atoms with E-state index in [4.69, 9.17) is 10.5 Å². The molecule has 0 atom stereocenters. The number of nitrogens with one attached hydrogen (secondary N) is 2. The number of rotatable bonds is 6. The summed E-state index contributed by atoms with van der Waals surface area (Å²) in [5, 5.41) is 5.05. The molecular weight excluding hydrogens is 277 g/mol. The predicted molar refractivity (Wildman–Crippen MR) is 67.0 cm³/mol. The van der Waals surface area contributed by atoms with Crippen LogP contribution in [0.1, 0.15) is 5.69 Å². The predicted octanol–water partition coefficient (Wildman–Crippen LogP) is 0.857. The first-order valence-corrected chi connectivity index (χ1v) is 5.67. The zero-order valence-corrected chi connectivity index (χ0v) is 10.8. The summed E-state index contributed by atoms with van der Waals surface area (Å²) < 4.78 is 42.2. The summed E-state index contributed by atoms with van der Waals surface area (Å²) >= 11 is 0. The fraction of sp³-hybridized carbons (Fsp3) is 0.455. The lowest BCUT2D eigenvalue weighted by Crippen LogP contribution is -2.32. The van der Waals surface area contributed by atoms with Crippen LogP contribution in [-0.2, 0) is 15.7 Å². The molecule has 0 bridgehead atoms. The molecular formula is C11H15F3N4O2. The highest BCUT2D eigenvalue weighted by Crippen LogP contribution is 2.30. The number of anilines is 2. The van der Waals surface area contributed by atoms with Crippen LogP contribution in [-0.4, -0.2) is 37.7 Å². The summed E-state index contributed by atoms with van der Waals surface area (Å²) in [7, 11) is 1.49. The van der Waals surface area contributed by atoms with Crippen LogP contribution in [0.3, 0.4) is 0 Å². The van der Waals surface area contributed by atoms with Crippen molar-refractivity contribution in [1.82, 2.24) is 10.3 Å². The fourth-order valence-corrected chi connectivity index (χ4v) is 1.30. The third kappa shape index (κ3) is 4.92. The molecule has 112 valence electrons. The van der Waals surface area contributed by atoms with E-state index >= 15 is 0 Å². The molecule has 9 heteroatoms. The van der Waals surface area contributed by atoms with E-state index < -0.39 is 11.9 Å². The number of hydrogen-bond donors (Lipinski definition) is 3. The minimum atomic E-state index is -4.56. The number of nitrogen functional groups attached to an aromatic ring is 1. The molecule has 1 aromatic rings. The highest BCUT2D eigenvalue weighted by molar-refractivity contribution is 5.82. The zero-order chi connectivity index (χ0) is 15.2. The Kier molecular flexibility index (Phi) is 5.56. The standard InChI is InChI=1S/C11H15F3N4O2/c1-20-3-2-16-10(19)6-17-8-4-9(11(12,13)14)18-5-7(8)15/h4-5H,2-3,6,15H2,1H3,(H,16,19)(H,17,18). The van der Waals surface area contributed by atoms with Crippen molar-refractivity contribution in [2.45, 2.75) is 6.18 Å². The van der Waals surface area contributed by atoms with Crippen molar-refractivity contribution in [3.05, 3.63) is 18.0 Å². The molecule has 0 spiro atoms. The number of halogens is 3. The molecule has 1 heterocycles. The number of pyridine rings is 1. The lowest BCUT2D eigenvalue weighted by atomic mass is 10.2. The third-order valence-corrected chi connectivity index (χ3v) is 2.29. The number of methoxy groups -OCH3 is 1. The van der Waals surface area contributed by atoms with Crippen LogP contribution in [0.25, 0.3) is 0 Å². The van der Waals surface area contributed by atoms with E-state index in [9.17, 15) is 18.0 Å². The van der Waals surface area contributed by atoms with Crippen LogP contribution in [0.4, 0.5) is 24.5 Å². The molecule has 0 saturated heterocycles. The van der Waals surface area contributed by atoms with Gasteiger partial charge in [0.05, 0.1) is 30.7 Å². The topological polar surface area (TPSA) is 89.3 Å². The number of aromatic nitrogens is 1. The van der Waals surface area contributed by atoms with Crippen LogP contribution >= 0.6 is 0 Å². The zero-order valence-electron chi connectivity index (χ0n) is 10.8. The van der Waals surface area contributed by atoms with Gasteiger partial charge in [0.1, 0.15) is 5.69 Å². The lowest BCUT2D eigenvalue weighted by Gasteiger charge is -2.12. The first-order valence-electron chi connectivity index (χ1n) is 5.67. The van der Waals surface area contributed by atoms with Gasteiger partial charge in [-0.15, -0.1) is 0 Å². The van der Waals surface area contributed by atoms with Crippen molar-refractivity contribution in [3.8, 4) is 0 Å². The summed E-state index contributed by atoms with van der Waals surface area (Å²) in [6.45, 7) is 0.466. The SMILES string of the molecule is COCCNC(=O)CNc1cc(C(F)(F)F)ncc1N. The maximum Gasteiger partial charge on any atom is 0.433 e. The quantitative estimate of drug-likeness (QED) is 0.677. The number of nitrogens with zero attached hydrogens (tertiary/aromatic N) is 1. The molecule has 0 radical (unpaired) electrons. The number of nitrogens with two attached hydrogens (primary N) is 1. The Morgan fingerprint density at radius 2 is 2.20 bits per heavy atom. The van der Waals surface area contributed by atoms with E-state index in [0.717, 1.165) is 12.3 Å². The summed E-state index contributed by atoms with van der Waals surface area (Å²) in [6.07, 6.45) is -3.67. The molecule has 0 unspecified atom stereocenters. The Morgan fingerprint density at radius 3 is 2.80 bits per heavy atom. The summed E-state index contributed by atoms with van der Waals surface area (Å²) in [5.74, 6) is -0.383. The van der Waals surface area contributed by atoms with Crippen molar-refractivity contribution in [2.24, 2.45) is 0 Å². The summed E-state index contributed by atoms with van der Waals surface area (Å²) in [4.78, 5) is 14.6. The van der Waals surface area contributed by atoms with Crippen molar-refractivity contribution in [3.63, 3.8) is 0 Å². The molecule has 0 aliphatic carbocycles. The van der Waals surface area contributed by atoms with Gasteiger partial charge in [0, 0.05) is 13.7 Å². The Morgan fingerprint density at radius 1 is 1.50 bits per heavy atom. The second-order valence-electron chi connectivity index (χ2n) is 3.85. The van der Waals surface area contributed by atoms with Crippen molar-refractivity contribution >= 4 is 17.3 Å². The van der Waals surface area contributed by atoms with Gasteiger partial charge < -0.3 is 21.1 Å². The van der Waals surface area contributed by atoms with Gasteiger partial charge in [0.2, 0.25) is 5.91 Å². The van der Waals surface area contributed by atoms with Gasteiger partial charge in [-0.05, 0) is 6.07 Å². The van der Waals surface area contributed by atoms with Gasteiger partial charge >= 0.3 is 6.18 Å². The summed E-state index contributed by atoms with van der Waals surface area (Å²) in [6, 6.07) is 0.762. The van der Waals surface area contributed by atoms with Crippen LogP contribution in [0.15, 0.2) is 12.3 Å². The van der Waals surface area contributed by atoms with E-state index in [0.29, 0.717) is 13.2 Å². The van der Waals surface area contributed by atoms with Crippen LogP contribution in [0.5, 0.6) is 0 Å². The Balaban J connectivity index is 2.61. The van der Waals surface area contributed by atoms with Crippen molar-refractivity contribution in [1.29, 1.82) is 0 Å². The molecule has 0 aliphatic rings. The minimum absolute atomic E-state index is 0.00853. The number of ether oxygens (including phenoxy) is 1. The van der Waals surface area contributed by atoms with E-state index in [-0.39, 0.29) is 23.8 Å². The van der Waals surface area contributed by atoms with Gasteiger partial charge in [-0.3, -0.25) is 4.79 Å².